The number of carboxylic acids is 1. The summed E-state index contributed by atoms with van der Waals surface area (Å²) in [4.78, 5) is 15.4. The highest BCUT2D eigenvalue weighted by atomic mass is 32.2. The van der Waals surface area contributed by atoms with Crippen LogP contribution in [0.4, 0.5) is 4.39 Å². The molecule has 0 radical (unpaired) electrons. The Labute approximate surface area is 245 Å². The highest BCUT2D eigenvalue weighted by Gasteiger charge is 2.33. The van der Waals surface area contributed by atoms with Crippen LogP contribution in [0.5, 0.6) is 5.75 Å². The fourth-order valence-electron chi connectivity index (χ4n) is 4.96. The number of nitrogens with zero attached hydrogens (tertiary/aromatic N) is 3. The maximum Gasteiger partial charge on any atom is 0.355 e. The highest BCUT2D eigenvalue weighted by Crippen LogP contribution is 2.45. The van der Waals surface area contributed by atoms with Crippen molar-refractivity contribution in [3.8, 4) is 33.3 Å². The first-order valence-corrected chi connectivity index (χ1v) is 15.4. The molecule has 0 bridgehead atoms. The van der Waals surface area contributed by atoms with Crippen molar-refractivity contribution < 1.29 is 27.4 Å². The molecule has 12 heteroatoms. The third kappa shape index (κ3) is 5.43. The lowest BCUT2D eigenvalue weighted by Crippen LogP contribution is -2.14. The van der Waals surface area contributed by atoms with Crippen LogP contribution in [0, 0.1) is 5.82 Å². The van der Waals surface area contributed by atoms with E-state index in [-0.39, 0.29) is 18.0 Å². The van der Waals surface area contributed by atoms with Crippen LogP contribution in [-0.4, -0.2) is 41.4 Å². The minimum atomic E-state index is -4.21. The largest absolute Gasteiger partial charge is 0.497 e. The van der Waals surface area contributed by atoms with Crippen LogP contribution in [0.3, 0.4) is 0 Å². The molecule has 6 rings (SSSR count). The number of halogens is 1. The van der Waals surface area contributed by atoms with E-state index in [2.05, 4.69) is 4.98 Å². The fraction of sp³-hybridized carbons (Fsp3) is 0.167. The van der Waals surface area contributed by atoms with Crippen molar-refractivity contribution in [2.24, 2.45) is 5.14 Å². The molecule has 0 spiro atoms. The quantitative estimate of drug-likeness (QED) is 0.223. The number of benzene rings is 3. The first-order valence-electron chi connectivity index (χ1n) is 13.0. The van der Waals surface area contributed by atoms with Gasteiger partial charge in [-0.1, -0.05) is 36.4 Å². The molecule has 0 unspecified atom stereocenters. The first kappa shape index (κ1) is 27.8. The predicted octanol–water partition coefficient (Wildman–Crippen LogP) is 5.62. The summed E-state index contributed by atoms with van der Waals surface area (Å²) in [5, 5.41) is 21.5. The Morgan fingerprint density at radius 3 is 2.45 bits per heavy atom. The van der Waals surface area contributed by atoms with Gasteiger partial charge in [0.25, 0.3) is 0 Å². The van der Waals surface area contributed by atoms with E-state index in [0.717, 1.165) is 52.1 Å². The summed E-state index contributed by atoms with van der Waals surface area (Å²) < 4.78 is 45.5. The van der Waals surface area contributed by atoms with Crippen LogP contribution < -0.4 is 9.88 Å². The molecule has 214 valence electrons. The van der Waals surface area contributed by atoms with Gasteiger partial charge in [0.2, 0.25) is 15.2 Å². The molecule has 3 aromatic carbocycles. The first-order chi connectivity index (χ1) is 20.1. The number of sulfonamides is 1. The molecule has 0 saturated heterocycles. The molecule has 2 heterocycles. The average Bonchev–Trinajstić information content (AvgIpc) is 3.56. The Morgan fingerprint density at radius 1 is 1.10 bits per heavy atom. The van der Waals surface area contributed by atoms with E-state index < -0.39 is 26.7 Å². The summed E-state index contributed by atoms with van der Waals surface area (Å²) in [6, 6.07) is 19.4. The summed E-state index contributed by atoms with van der Waals surface area (Å²) in [6.07, 6.45) is 2.12. The number of methoxy groups -OCH3 is 1. The molecule has 1 aliphatic carbocycles. The minimum absolute atomic E-state index is 0.0863. The molecule has 9 nitrogen and oxygen atoms in total. The number of aromatic nitrogens is 3. The maximum atomic E-state index is 14.8. The van der Waals surface area contributed by atoms with Gasteiger partial charge in [0.05, 0.1) is 18.5 Å². The van der Waals surface area contributed by atoms with Crippen molar-refractivity contribution in [3.63, 3.8) is 0 Å². The van der Waals surface area contributed by atoms with E-state index in [1.807, 2.05) is 48.5 Å². The highest BCUT2D eigenvalue weighted by molar-refractivity contribution is 7.89. The molecule has 5 aromatic rings. The topological polar surface area (TPSA) is 137 Å². The molecular formula is C30H25FN4O5S2. The number of carboxylic acid groups (broad SMARTS) is 1. The number of carbonyl (C=O) groups is 1. The average molecular weight is 605 g/mol. The van der Waals surface area contributed by atoms with Gasteiger partial charge in [-0.2, -0.15) is 5.10 Å². The van der Waals surface area contributed by atoms with Gasteiger partial charge < -0.3 is 9.84 Å². The number of nitrogens with two attached hydrogens (primary N) is 1. The SMILES string of the molecule is COc1cccc(-c2cccc(-c3c(Cc4ccc(S(N)(=O)=O)c(F)c4)c(C4CC4)nn3-c3nc(C(=O)O)cs3)c2)c1. The van der Waals surface area contributed by atoms with Crippen molar-refractivity contribution in [2.45, 2.75) is 30.1 Å². The van der Waals surface area contributed by atoms with Crippen molar-refractivity contribution in [2.75, 3.05) is 7.11 Å². The molecule has 42 heavy (non-hydrogen) atoms. The van der Waals surface area contributed by atoms with E-state index in [1.165, 1.54) is 17.5 Å². The molecule has 1 saturated carbocycles. The van der Waals surface area contributed by atoms with E-state index in [1.54, 1.807) is 17.9 Å². The smallest absolute Gasteiger partial charge is 0.355 e. The number of thiazole rings is 1. The van der Waals surface area contributed by atoms with Gasteiger partial charge in [0, 0.05) is 28.8 Å². The van der Waals surface area contributed by atoms with Gasteiger partial charge in [-0.25, -0.2) is 32.4 Å². The van der Waals surface area contributed by atoms with Crippen LogP contribution in [-0.2, 0) is 16.4 Å². The Balaban J connectivity index is 1.54. The standard InChI is InChI=1S/C30H25FN4O5S2/c1-40-22-7-3-5-20(15-22)19-4-2-6-21(14-19)28-23(12-17-8-11-26(24(31)13-17)42(32,38)39)27(18-9-10-18)34-35(28)30-33-25(16-41-30)29(36)37/h2-8,11,13-16,18H,9-10,12H2,1H3,(H,36,37)(H2,32,38,39). The number of rotatable bonds is 9. The molecule has 0 aliphatic heterocycles. The third-order valence-corrected chi connectivity index (χ3v) is 8.85. The third-order valence-electron chi connectivity index (χ3n) is 7.09. The molecular weight excluding hydrogens is 579 g/mol. The fourth-order valence-corrected chi connectivity index (χ4v) is 6.30. The molecule has 1 aliphatic rings. The zero-order valence-electron chi connectivity index (χ0n) is 22.3. The van der Waals surface area contributed by atoms with Crippen molar-refractivity contribution in [1.29, 1.82) is 0 Å². The number of ether oxygens (including phenoxy) is 1. The van der Waals surface area contributed by atoms with Crippen molar-refractivity contribution >= 4 is 27.3 Å². The van der Waals surface area contributed by atoms with Crippen LogP contribution in [0.15, 0.2) is 77.0 Å². The number of primary sulfonamides is 1. The zero-order valence-corrected chi connectivity index (χ0v) is 24.0. The lowest BCUT2D eigenvalue weighted by molar-refractivity contribution is 0.0691. The van der Waals surface area contributed by atoms with Gasteiger partial charge in [-0.3, -0.25) is 0 Å². The monoisotopic (exact) mass is 604 g/mol. The normalized spacial score (nSPS) is 13.3. The summed E-state index contributed by atoms with van der Waals surface area (Å²) in [6.45, 7) is 0. The molecule has 0 atom stereocenters. The van der Waals surface area contributed by atoms with Crippen LogP contribution in [0.2, 0.25) is 0 Å². The molecule has 3 N–H and O–H groups in total. The second kappa shape index (κ2) is 10.8. The van der Waals surface area contributed by atoms with Gasteiger partial charge in [-0.05, 0) is 59.9 Å². The molecule has 1 fully saturated rings. The second-order valence-corrected chi connectivity index (χ2v) is 12.4. The number of hydrogen-bond donors (Lipinski definition) is 2. The Hall–Kier alpha value is -4.39. The van der Waals surface area contributed by atoms with Crippen LogP contribution in [0.25, 0.3) is 27.5 Å². The van der Waals surface area contributed by atoms with Gasteiger partial charge >= 0.3 is 5.97 Å². The predicted molar refractivity (Wildman–Crippen MR) is 156 cm³/mol. The lowest BCUT2D eigenvalue weighted by atomic mass is 9.95. The Kier molecular flexibility index (Phi) is 7.13. The number of aromatic carboxylic acids is 1. The van der Waals surface area contributed by atoms with E-state index >= 15 is 0 Å². The van der Waals surface area contributed by atoms with Gasteiger partial charge in [0.15, 0.2) is 5.69 Å². The van der Waals surface area contributed by atoms with E-state index in [9.17, 15) is 22.7 Å². The molecule has 2 aromatic heterocycles. The summed E-state index contributed by atoms with van der Waals surface area (Å²) in [5.74, 6) is -1.16. The van der Waals surface area contributed by atoms with Gasteiger partial charge in [0.1, 0.15) is 16.5 Å². The van der Waals surface area contributed by atoms with Gasteiger partial charge in [-0.15, -0.1) is 11.3 Å². The van der Waals surface area contributed by atoms with Crippen molar-refractivity contribution in [1.82, 2.24) is 14.8 Å². The lowest BCUT2D eigenvalue weighted by Gasteiger charge is -2.12. The maximum absolute atomic E-state index is 14.8. The Bertz CT molecular complexity index is 1950. The van der Waals surface area contributed by atoms with Crippen LogP contribution in [0.1, 0.15) is 46.1 Å². The number of hydrogen-bond acceptors (Lipinski definition) is 7. The zero-order chi connectivity index (χ0) is 29.6. The summed E-state index contributed by atoms with van der Waals surface area (Å²) in [5.41, 5.74) is 5.46. The minimum Gasteiger partial charge on any atom is -0.497 e. The Morgan fingerprint density at radius 2 is 1.81 bits per heavy atom. The van der Waals surface area contributed by atoms with Crippen LogP contribution >= 0.6 is 11.3 Å². The summed E-state index contributed by atoms with van der Waals surface area (Å²) in [7, 11) is -2.61. The second-order valence-electron chi connectivity index (χ2n) is 10.0. The molecule has 0 amide bonds. The van der Waals surface area contributed by atoms with E-state index in [4.69, 9.17) is 15.0 Å². The summed E-state index contributed by atoms with van der Waals surface area (Å²) >= 11 is 1.16. The van der Waals surface area contributed by atoms with E-state index in [0.29, 0.717) is 22.1 Å². The van der Waals surface area contributed by atoms with Crippen molar-refractivity contribution in [3.05, 3.63) is 100 Å².